The number of allylic oxidation sites excluding steroid dienone is 1. The van der Waals surface area contributed by atoms with Gasteiger partial charge in [-0.2, -0.15) is 0 Å². The number of nitro groups is 1. The number of nitrogens with zero attached hydrogens (tertiary/aromatic N) is 1. The van der Waals surface area contributed by atoms with Crippen LogP contribution >= 0.6 is 0 Å². The van der Waals surface area contributed by atoms with Gasteiger partial charge < -0.3 is 10.1 Å². The van der Waals surface area contributed by atoms with Crippen LogP contribution < -0.4 is 10.1 Å². The lowest BCUT2D eigenvalue weighted by molar-refractivity contribution is -0.384. The van der Waals surface area contributed by atoms with Crippen LogP contribution in [0.5, 0.6) is 5.75 Å². The number of carbonyl (C=O) groups is 1. The summed E-state index contributed by atoms with van der Waals surface area (Å²) in [5.74, 6) is -0.237. The molecule has 0 aliphatic carbocycles. The maximum absolute atomic E-state index is 12.3. The first-order valence-electron chi connectivity index (χ1n) is 7.84. The second-order valence-electron chi connectivity index (χ2n) is 6.58. The van der Waals surface area contributed by atoms with Gasteiger partial charge in [-0.05, 0) is 50.6 Å². The number of hydrogen-bond acceptors (Lipinski definition) is 5. The molecule has 1 N–H and O–H groups in total. The maximum atomic E-state index is 12.3. The van der Waals surface area contributed by atoms with Crippen LogP contribution in [0.1, 0.15) is 36.7 Å². The Balaban J connectivity index is 1.85. The lowest BCUT2D eigenvalue weighted by Gasteiger charge is -2.31. The highest BCUT2D eigenvalue weighted by atomic mass is 16.6. The molecule has 6 heteroatoms. The summed E-state index contributed by atoms with van der Waals surface area (Å²) in [6, 6.07) is 10.8. The van der Waals surface area contributed by atoms with E-state index in [1.165, 1.54) is 24.3 Å². The number of hydrogen-bond donors (Lipinski definition) is 1. The number of non-ortho nitro benzene ring substituents is 1. The molecule has 0 fully saturated rings. The van der Waals surface area contributed by atoms with E-state index in [1.54, 1.807) is 12.1 Å². The van der Waals surface area contributed by atoms with E-state index in [9.17, 15) is 14.9 Å². The third kappa shape index (κ3) is 3.52. The van der Waals surface area contributed by atoms with Gasteiger partial charge >= 0.3 is 5.97 Å². The van der Waals surface area contributed by atoms with Crippen LogP contribution in [-0.2, 0) is 0 Å². The summed E-state index contributed by atoms with van der Waals surface area (Å²) < 4.78 is 5.39. The number of fused-ring (bicyclic) bond motifs is 1. The number of esters is 1. The van der Waals surface area contributed by atoms with Gasteiger partial charge in [0.05, 0.1) is 16.0 Å². The van der Waals surface area contributed by atoms with E-state index in [0.29, 0.717) is 5.75 Å². The summed E-state index contributed by atoms with van der Waals surface area (Å²) in [6.45, 7) is 6.17. The molecule has 0 saturated carbocycles. The zero-order chi connectivity index (χ0) is 18.2. The molecule has 25 heavy (non-hydrogen) atoms. The Bertz CT molecular complexity index is 900. The van der Waals surface area contributed by atoms with Crippen LogP contribution in [0.3, 0.4) is 0 Å². The lowest BCUT2D eigenvalue weighted by Crippen LogP contribution is -2.31. The highest BCUT2D eigenvalue weighted by Gasteiger charge is 2.23. The number of benzene rings is 2. The average molecular weight is 338 g/mol. The summed E-state index contributed by atoms with van der Waals surface area (Å²) in [4.78, 5) is 22.5. The van der Waals surface area contributed by atoms with Gasteiger partial charge in [-0.15, -0.1) is 0 Å². The Labute approximate surface area is 145 Å². The van der Waals surface area contributed by atoms with Crippen molar-refractivity contribution in [3.05, 3.63) is 69.8 Å². The minimum absolute atomic E-state index is 0.137. The highest BCUT2D eigenvalue weighted by molar-refractivity contribution is 5.92. The zero-order valence-corrected chi connectivity index (χ0v) is 14.2. The normalized spacial score (nSPS) is 14.8. The van der Waals surface area contributed by atoms with Gasteiger partial charge in [0, 0.05) is 23.4 Å². The van der Waals surface area contributed by atoms with Crippen LogP contribution in [0.2, 0.25) is 0 Å². The SMILES string of the molecule is CC1=CC(C)(C)Nc2ccc(OC(=O)c3cccc([N+](=O)[O-])c3)cc21. The van der Waals surface area contributed by atoms with Crippen molar-refractivity contribution in [1.29, 1.82) is 0 Å². The molecule has 0 amide bonds. The monoisotopic (exact) mass is 338 g/mol. The van der Waals surface area contributed by atoms with Crippen LogP contribution in [0, 0.1) is 10.1 Å². The summed E-state index contributed by atoms with van der Waals surface area (Å²) in [5, 5.41) is 14.2. The van der Waals surface area contributed by atoms with Crippen molar-refractivity contribution in [1.82, 2.24) is 0 Å². The van der Waals surface area contributed by atoms with Gasteiger partial charge in [0.15, 0.2) is 0 Å². The molecular formula is C19H18N2O4. The van der Waals surface area contributed by atoms with Crippen molar-refractivity contribution in [2.45, 2.75) is 26.3 Å². The molecule has 1 aliphatic heterocycles. The minimum Gasteiger partial charge on any atom is -0.423 e. The zero-order valence-electron chi connectivity index (χ0n) is 14.2. The van der Waals surface area contributed by atoms with Crippen molar-refractivity contribution in [2.24, 2.45) is 0 Å². The van der Waals surface area contributed by atoms with E-state index in [4.69, 9.17) is 4.74 Å². The Hall–Kier alpha value is -3.15. The largest absolute Gasteiger partial charge is 0.423 e. The second kappa shape index (κ2) is 6.05. The highest BCUT2D eigenvalue weighted by Crippen LogP contribution is 2.35. The third-order valence-electron chi connectivity index (χ3n) is 3.95. The molecule has 0 saturated heterocycles. The first kappa shape index (κ1) is 16.7. The standard InChI is InChI=1S/C19H18N2O4/c1-12-11-19(2,3)20-17-8-7-15(10-16(12)17)25-18(22)13-5-4-6-14(9-13)21(23)24/h4-11,20H,1-3H3. The van der Waals surface area contributed by atoms with Crippen LogP contribution in [0.15, 0.2) is 48.5 Å². The van der Waals surface area contributed by atoms with Crippen molar-refractivity contribution in [3.8, 4) is 5.75 Å². The molecule has 2 aromatic rings. The summed E-state index contributed by atoms with van der Waals surface area (Å²) in [7, 11) is 0. The molecule has 0 bridgehead atoms. The van der Waals surface area contributed by atoms with Crippen molar-refractivity contribution in [3.63, 3.8) is 0 Å². The predicted octanol–water partition coefficient (Wildman–Crippen LogP) is 4.42. The van der Waals surface area contributed by atoms with E-state index in [0.717, 1.165) is 16.8 Å². The molecule has 0 aromatic heterocycles. The van der Waals surface area contributed by atoms with Crippen molar-refractivity contribution >= 4 is 22.9 Å². The van der Waals surface area contributed by atoms with E-state index >= 15 is 0 Å². The Morgan fingerprint density at radius 3 is 2.68 bits per heavy atom. The van der Waals surface area contributed by atoms with E-state index in [1.807, 2.05) is 13.0 Å². The summed E-state index contributed by atoms with van der Waals surface area (Å²) in [5.41, 5.74) is 2.87. The molecule has 0 atom stereocenters. The molecule has 0 radical (unpaired) electrons. The Morgan fingerprint density at radius 2 is 1.96 bits per heavy atom. The smallest absolute Gasteiger partial charge is 0.343 e. The first-order valence-corrected chi connectivity index (χ1v) is 7.84. The number of rotatable bonds is 3. The molecular weight excluding hydrogens is 320 g/mol. The minimum atomic E-state index is -0.630. The number of nitro benzene ring substituents is 1. The fraction of sp³-hybridized carbons (Fsp3) is 0.211. The average Bonchev–Trinajstić information content (AvgIpc) is 2.54. The molecule has 2 aromatic carbocycles. The Kier molecular flexibility index (Phi) is 4.04. The van der Waals surface area contributed by atoms with E-state index in [2.05, 4.69) is 25.2 Å². The summed E-state index contributed by atoms with van der Waals surface area (Å²) in [6.07, 6.45) is 2.11. The van der Waals surface area contributed by atoms with Crippen molar-refractivity contribution in [2.75, 3.05) is 5.32 Å². The molecule has 1 heterocycles. The van der Waals surface area contributed by atoms with E-state index < -0.39 is 10.9 Å². The van der Waals surface area contributed by atoms with Gasteiger partial charge in [0.2, 0.25) is 0 Å². The second-order valence-corrected chi connectivity index (χ2v) is 6.58. The van der Waals surface area contributed by atoms with Gasteiger partial charge in [-0.1, -0.05) is 12.1 Å². The topological polar surface area (TPSA) is 81.5 Å². The number of carbonyl (C=O) groups excluding carboxylic acids is 1. The quantitative estimate of drug-likeness (QED) is 0.388. The molecule has 0 spiro atoms. The molecule has 1 aliphatic rings. The van der Waals surface area contributed by atoms with Crippen LogP contribution in [0.25, 0.3) is 5.57 Å². The Morgan fingerprint density at radius 1 is 1.20 bits per heavy atom. The molecule has 0 unspecified atom stereocenters. The molecule has 3 rings (SSSR count). The summed E-state index contributed by atoms with van der Waals surface area (Å²) >= 11 is 0. The number of ether oxygens (including phenoxy) is 1. The number of anilines is 1. The van der Waals surface area contributed by atoms with Crippen LogP contribution in [-0.4, -0.2) is 16.4 Å². The lowest BCUT2D eigenvalue weighted by atomic mass is 9.91. The maximum Gasteiger partial charge on any atom is 0.343 e. The number of nitrogens with one attached hydrogen (secondary N) is 1. The van der Waals surface area contributed by atoms with Crippen molar-refractivity contribution < 1.29 is 14.5 Å². The van der Waals surface area contributed by atoms with Gasteiger partial charge in [-0.3, -0.25) is 10.1 Å². The molecule has 128 valence electrons. The van der Waals surface area contributed by atoms with Gasteiger partial charge in [-0.25, -0.2) is 4.79 Å². The van der Waals surface area contributed by atoms with Gasteiger partial charge in [0.25, 0.3) is 5.69 Å². The first-order chi connectivity index (χ1) is 11.7. The van der Waals surface area contributed by atoms with Crippen LogP contribution in [0.4, 0.5) is 11.4 Å². The predicted molar refractivity (Wildman–Crippen MR) is 95.8 cm³/mol. The van der Waals surface area contributed by atoms with Gasteiger partial charge in [0.1, 0.15) is 5.75 Å². The fourth-order valence-electron chi connectivity index (χ4n) is 2.94. The molecule has 6 nitrogen and oxygen atoms in total. The fourth-order valence-corrected chi connectivity index (χ4v) is 2.94. The third-order valence-corrected chi connectivity index (χ3v) is 3.95. The van der Waals surface area contributed by atoms with E-state index in [-0.39, 0.29) is 16.8 Å².